The first kappa shape index (κ1) is 14.9. The number of hydrogen-bond acceptors (Lipinski definition) is 2. The molecule has 94 valence electrons. The van der Waals surface area contributed by atoms with E-state index in [1.807, 2.05) is 17.8 Å². The highest BCUT2D eigenvalue weighted by Crippen LogP contribution is 2.18. The van der Waals surface area contributed by atoms with Crippen LogP contribution in [0.25, 0.3) is 0 Å². The molecule has 0 aliphatic heterocycles. The van der Waals surface area contributed by atoms with Crippen LogP contribution in [0.4, 0.5) is 13.2 Å². The van der Waals surface area contributed by atoms with Crippen LogP contribution in [0.3, 0.4) is 0 Å². The lowest BCUT2D eigenvalue weighted by molar-refractivity contribution is -0.671. The monoisotopic (exact) mass is 260 g/mol. The average Bonchev–Trinajstić information content (AvgIpc) is 2.48. The minimum Gasteiger partial charge on any atom is -0.240 e. The average molecular weight is 260 g/mol. The summed E-state index contributed by atoms with van der Waals surface area (Å²) in [6.07, 6.45) is 6.14. The molecule has 16 heavy (non-hydrogen) atoms. The zero-order valence-electron chi connectivity index (χ0n) is 8.77. The van der Waals surface area contributed by atoms with Crippen molar-refractivity contribution in [1.82, 2.24) is 4.57 Å². The molecule has 0 atom stereocenters. The van der Waals surface area contributed by atoms with Gasteiger partial charge in [0.2, 0.25) is 6.33 Å². The molecule has 0 radical (unpaired) electrons. The van der Waals surface area contributed by atoms with Gasteiger partial charge < -0.3 is 0 Å². The first-order valence-corrected chi connectivity index (χ1v) is 5.72. The SMILES string of the molecule is CCn1cc[n+](C)c1.NS(=O)(=O)C(F)(F)F. The van der Waals surface area contributed by atoms with E-state index >= 15 is 0 Å². The highest BCUT2D eigenvalue weighted by Gasteiger charge is 2.42. The van der Waals surface area contributed by atoms with Crippen LogP contribution in [-0.4, -0.2) is 18.5 Å². The molecule has 0 spiro atoms. The van der Waals surface area contributed by atoms with E-state index < -0.39 is 15.5 Å². The largest absolute Gasteiger partial charge is 0.511 e. The topological polar surface area (TPSA) is 69.0 Å². The molecule has 0 bridgehead atoms. The van der Waals surface area contributed by atoms with Crippen molar-refractivity contribution < 1.29 is 26.2 Å². The van der Waals surface area contributed by atoms with Gasteiger partial charge in [0.1, 0.15) is 12.4 Å². The van der Waals surface area contributed by atoms with Gasteiger partial charge in [-0.2, -0.15) is 13.2 Å². The van der Waals surface area contributed by atoms with Gasteiger partial charge in [0.15, 0.2) is 0 Å². The lowest BCUT2D eigenvalue weighted by Crippen LogP contribution is -2.30. The fourth-order valence-corrected chi connectivity index (χ4v) is 0.689. The first-order valence-electron chi connectivity index (χ1n) is 4.18. The van der Waals surface area contributed by atoms with Crippen molar-refractivity contribution in [2.75, 3.05) is 0 Å². The Hall–Kier alpha value is -1.09. The standard InChI is InChI=1S/C6H11N2.CH2F3NO2S/c1-3-8-5-4-7(2)6-8;2-1(3,4)8(5,6)7/h4-6H,3H2,1-2H3;(H2,5,6,7)/q+1;. The van der Waals surface area contributed by atoms with E-state index in [2.05, 4.69) is 29.2 Å². The predicted molar refractivity (Wildman–Crippen MR) is 50.4 cm³/mol. The predicted octanol–water partition coefficient (Wildman–Crippen LogP) is 0.127. The van der Waals surface area contributed by atoms with Crippen LogP contribution in [0, 0.1) is 0 Å². The van der Waals surface area contributed by atoms with E-state index in [1.165, 1.54) is 0 Å². The van der Waals surface area contributed by atoms with Gasteiger partial charge in [0, 0.05) is 0 Å². The smallest absolute Gasteiger partial charge is 0.240 e. The van der Waals surface area contributed by atoms with Gasteiger partial charge in [0.25, 0.3) is 0 Å². The van der Waals surface area contributed by atoms with Gasteiger partial charge in [-0.3, -0.25) is 0 Å². The van der Waals surface area contributed by atoms with Crippen molar-refractivity contribution in [2.24, 2.45) is 12.2 Å². The quantitative estimate of drug-likeness (QED) is 0.729. The molecule has 0 saturated carbocycles. The number of nitrogens with two attached hydrogens (primary N) is 1. The van der Waals surface area contributed by atoms with Crippen LogP contribution in [0.15, 0.2) is 18.7 Å². The number of sulfonamides is 1. The molecular weight excluding hydrogens is 247 g/mol. The van der Waals surface area contributed by atoms with Gasteiger partial charge in [-0.25, -0.2) is 22.7 Å². The highest BCUT2D eigenvalue weighted by molar-refractivity contribution is 7.90. The molecule has 9 heteroatoms. The third kappa shape index (κ3) is 5.12. The Morgan fingerprint density at radius 2 is 1.88 bits per heavy atom. The number of alkyl halides is 3. The van der Waals surface area contributed by atoms with E-state index in [-0.39, 0.29) is 0 Å². The summed E-state index contributed by atoms with van der Waals surface area (Å²) in [6, 6.07) is 0. The molecule has 0 aromatic carbocycles. The molecular formula is C7H13F3N3O2S+. The number of aryl methyl sites for hydroxylation is 2. The number of halogens is 3. The van der Waals surface area contributed by atoms with E-state index in [9.17, 15) is 21.6 Å². The second kappa shape index (κ2) is 5.30. The summed E-state index contributed by atoms with van der Waals surface area (Å²) in [4.78, 5) is 0. The number of primary sulfonamides is 1. The molecule has 0 aliphatic rings. The molecule has 1 aromatic heterocycles. The maximum absolute atomic E-state index is 10.8. The number of hydrogen-bond donors (Lipinski definition) is 1. The van der Waals surface area contributed by atoms with Crippen LogP contribution in [0.2, 0.25) is 0 Å². The summed E-state index contributed by atoms with van der Waals surface area (Å²) < 4.78 is 55.3. The summed E-state index contributed by atoms with van der Waals surface area (Å²) >= 11 is 0. The Morgan fingerprint density at radius 1 is 1.44 bits per heavy atom. The Balaban J connectivity index is 0.000000281. The molecule has 0 fully saturated rings. The number of nitrogens with zero attached hydrogens (tertiary/aromatic N) is 2. The molecule has 0 amide bonds. The van der Waals surface area contributed by atoms with Gasteiger partial charge in [-0.15, -0.1) is 0 Å². The summed E-state index contributed by atoms with van der Waals surface area (Å²) in [5, 5.41) is 3.66. The van der Waals surface area contributed by atoms with Crippen molar-refractivity contribution >= 4 is 10.0 Å². The molecule has 1 aromatic rings. The molecule has 0 unspecified atom stereocenters. The summed E-state index contributed by atoms with van der Waals surface area (Å²) in [5.41, 5.74) is -5.31. The highest BCUT2D eigenvalue weighted by atomic mass is 32.2. The third-order valence-electron chi connectivity index (χ3n) is 1.51. The minimum atomic E-state index is -5.34. The fraction of sp³-hybridized carbons (Fsp3) is 0.571. The number of rotatable bonds is 1. The van der Waals surface area contributed by atoms with Crippen LogP contribution in [0.1, 0.15) is 6.92 Å². The van der Waals surface area contributed by atoms with Gasteiger partial charge >= 0.3 is 15.5 Å². The van der Waals surface area contributed by atoms with Crippen molar-refractivity contribution in [3.8, 4) is 0 Å². The van der Waals surface area contributed by atoms with Crippen molar-refractivity contribution in [2.45, 2.75) is 19.0 Å². The molecule has 2 N–H and O–H groups in total. The molecule has 1 rings (SSSR count). The number of aromatic nitrogens is 2. The zero-order chi connectivity index (χ0) is 13.0. The van der Waals surface area contributed by atoms with Crippen LogP contribution in [-0.2, 0) is 23.6 Å². The second-order valence-electron chi connectivity index (χ2n) is 2.90. The van der Waals surface area contributed by atoms with E-state index in [0.29, 0.717) is 0 Å². The van der Waals surface area contributed by atoms with Crippen molar-refractivity contribution in [3.63, 3.8) is 0 Å². The van der Waals surface area contributed by atoms with Gasteiger partial charge in [-0.1, -0.05) is 0 Å². The summed E-state index contributed by atoms with van der Waals surface area (Å²) in [7, 11) is -3.32. The normalized spacial score (nSPS) is 11.9. The maximum Gasteiger partial charge on any atom is 0.511 e. The van der Waals surface area contributed by atoms with E-state index in [0.717, 1.165) is 6.54 Å². The van der Waals surface area contributed by atoms with Crippen molar-refractivity contribution in [1.29, 1.82) is 0 Å². The Bertz CT molecular complexity index is 424. The van der Waals surface area contributed by atoms with Gasteiger partial charge in [0.05, 0.1) is 13.6 Å². The molecule has 0 aliphatic carbocycles. The molecule has 5 nitrogen and oxygen atoms in total. The first-order chi connectivity index (χ1) is 7.08. The van der Waals surface area contributed by atoms with Crippen molar-refractivity contribution in [3.05, 3.63) is 18.7 Å². The second-order valence-corrected chi connectivity index (χ2v) is 4.45. The molecule has 0 saturated heterocycles. The lowest BCUT2D eigenvalue weighted by Gasteiger charge is -1.98. The van der Waals surface area contributed by atoms with E-state index in [4.69, 9.17) is 0 Å². The summed E-state index contributed by atoms with van der Waals surface area (Å²) in [5.74, 6) is 0. The zero-order valence-corrected chi connectivity index (χ0v) is 9.59. The van der Waals surface area contributed by atoms with E-state index in [1.54, 1.807) is 0 Å². The lowest BCUT2D eigenvalue weighted by atomic mass is 10.7. The van der Waals surface area contributed by atoms with Gasteiger partial charge in [-0.05, 0) is 6.92 Å². The van der Waals surface area contributed by atoms with Crippen LogP contribution < -0.4 is 9.71 Å². The Labute approximate surface area is 91.3 Å². The van der Waals surface area contributed by atoms with Crippen LogP contribution >= 0.6 is 0 Å². The Kier molecular flexibility index (Phi) is 4.94. The minimum absolute atomic E-state index is 1.06. The maximum atomic E-state index is 10.8. The number of imidazole rings is 1. The third-order valence-corrected chi connectivity index (χ3v) is 2.16. The summed E-state index contributed by atoms with van der Waals surface area (Å²) in [6.45, 7) is 3.18. The Morgan fingerprint density at radius 3 is 2.00 bits per heavy atom. The molecule has 1 heterocycles. The van der Waals surface area contributed by atoms with Crippen LogP contribution in [0.5, 0.6) is 0 Å². The fourth-order valence-electron chi connectivity index (χ4n) is 0.689.